The van der Waals surface area contributed by atoms with Crippen LogP contribution < -0.4 is 0 Å². The summed E-state index contributed by atoms with van der Waals surface area (Å²) in [4.78, 5) is 0. The molecule has 0 amide bonds. The summed E-state index contributed by atoms with van der Waals surface area (Å²) in [6.45, 7) is 23.5. The van der Waals surface area contributed by atoms with Crippen molar-refractivity contribution in [1.29, 1.82) is 0 Å². The minimum absolute atomic E-state index is 0.158. The molecule has 0 fully saturated rings. The largest absolute Gasteiger partial charge is 0.159 e. The van der Waals surface area contributed by atoms with Gasteiger partial charge in [0.15, 0.2) is 0 Å². The van der Waals surface area contributed by atoms with Crippen LogP contribution in [-0.4, -0.2) is 11.0 Å². The smallest absolute Gasteiger partial charge is 0.0105 e. The van der Waals surface area contributed by atoms with Gasteiger partial charge in [-0.2, -0.15) is 11.8 Å². The fourth-order valence-corrected chi connectivity index (χ4v) is 6.76. The third-order valence-corrected chi connectivity index (χ3v) is 9.80. The number of hydrogen-bond acceptors (Lipinski definition) is 1. The van der Waals surface area contributed by atoms with Gasteiger partial charge in [-0.15, -0.1) is 0 Å². The van der Waals surface area contributed by atoms with Crippen LogP contribution in [0.15, 0.2) is 36.4 Å². The van der Waals surface area contributed by atoms with Crippen LogP contribution in [0.1, 0.15) is 165 Å². The lowest BCUT2D eigenvalue weighted by Gasteiger charge is -2.29. The van der Waals surface area contributed by atoms with Crippen molar-refractivity contribution < 1.29 is 0 Å². The molecule has 0 aliphatic rings. The molecule has 0 aliphatic carbocycles. The molecular weight excluding hydrogens is 488 g/mol. The van der Waals surface area contributed by atoms with Gasteiger partial charge in [-0.25, -0.2) is 0 Å². The Balaban J connectivity index is 2.10. The van der Waals surface area contributed by atoms with Crippen molar-refractivity contribution in [3.63, 3.8) is 0 Å². The summed E-state index contributed by atoms with van der Waals surface area (Å²) >= 11 is 2.20. The highest BCUT2D eigenvalue weighted by atomic mass is 32.2. The first kappa shape index (κ1) is 34.0. The molecule has 0 saturated heterocycles. The number of rotatable bonds is 16. The first-order chi connectivity index (χ1) is 18.3. The second-order valence-corrected chi connectivity index (χ2v) is 15.8. The van der Waals surface area contributed by atoms with Crippen LogP contribution in [0.4, 0.5) is 0 Å². The van der Waals surface area contributed by atoms with E-state index in [9.17, 15) is 0 Å². The molecule has 0 aliphatic heterocycles. The molecule has 0 saturated carbocycles. The van der Waals surface area contributed by atoms with Gasteiger partial charge >= 0.3 is 0 Å². The second-order valence-electron chi connectivity index (χ2n) is 14.3. The number of benzene rings is 2. The van der Waals surface area contributed by atoms with Crippen LogP contribution in [-0.2, 0) is 10.8 Å². The molecule has 0 aromatic heterocycles. The fourth-order valence-electron chi connectivity index (χ4n) is 5.66. The molecule has 2 aromatic carbocycles. The van der Waals surface area contributed by atoms with Crippen molar-refractivity contribution in [2.45, 2.75) is 162 Å². The van der Waals surface area contributed by atoms with E-state index in [2.05, 4.69) is 117 Å². The van der Waals surface area contributed by atoms with Gasteiger partial charge in [0.05, 0.1) is 0 Å². The van der Waals surface area contributed by atoms with Crippen molar-refractivity contribution in [2.75, 3.05) is 5.75 Å². The Morgan fingerprint density at radius 2 is 1.03 bits per heavy atom. The minimum atomic E-state index is 0.158. The van der Waals surface area contributed by atoms with Gasteiger partial charge < -0.3 is 0 Å². The minimum Gasteiger partial charge on any atom is -0.159 e. The molecule has 1 unspecified atom stereocenters. The fraction of sp³-hybridized carbons (Fsp3) is 0.684. The van der Waals surface area contributed by atoms with Gasteiger partial charge in [0.25, 0.3) is 0 Å². The summed E-state index contributed by atoms with van der Waals surface area (Å²) in [6.07, 6.45) is 15.3. The standard InChI is InChI=1S/C38H62S/c1-11-12-13-14-15-16-17-18-19-20-25-39-31(4)26-36(34-27-32(37(5,6)7)23-21-29(34)2)35-28-33(38(8,9)10)24-22-30(35)3/h21-24,27-28,31,36H,11-20,25-26H2,1-10H3. The van der Waals surface area contributed by atoms with Crippen molar-refractivity contribution in [3.8, 4) is 0 Å². The first-order valence-electron chi connectivity index (χ1n) is 16.2. The van der Waals surface area contributed by atoms with Crippen molar-refractivity contribution >= 4 is 11.8 Å². The van der Waals surface area contributed by atoms with E-state index in [1.54, 1.807) is 0 Å². The quantitative estimate of drug-likeness (QED) is 0.187. The van der Waals surface area contributed by atoms with Crippen LogP contribution in [0.5, 0.6) is 0 Å². The lowest BCUT2D eigenvalue weighted by Crippen LogP contribution is -2.17. The Labute approximate surface area is 248 Å². The summed E-state index contributed by atoms with van der Waals surface area (Å²) in [5.41, 5.74) is 9.13. The molecule has 0 N–H and O–H groups in total. The average molecular weight is 551 g/mol. The molecule has 39 heavy (non-hydrogen) atoms. The Hall–Kier alpha value is -1.21. The Morgan fingerprint density at radius 1 is 0.615 bits per heavy atom. The maximum Gasteiger partial charge on any atom is 0.0105 e. The van der Waals surface area contributed by atoms with Gasteiger partial charge in [0.2, 0.25) is 0 Å². The van der Waals surface area contributed by atoms with Crippen LogP contribution >= 0.6 is 11.8 Å². The Kier molecular flexibility index (Phi) is 14.2. The molecule has 220 valence electrons. The molecular formula is C38H62S. The number of unbranched alkanes of at least 4 members (excludes halogenated alkanes) is 9. The van der Waals surface area contributed by atoms with E-state index in [4.69, 9.17) is 0 Å². The van der Waals surface area contributed by atoms with Gasteiger partial charge in [0, 0.05) is 11.2 Å². The number of hydrogen-bond donors (Lipinski definition) is 0. The third kappa shape index (κ3) is 11.7. The molecule has 0 heterocycles. The van der Waals surface area contributed by atoms with Gasteiger partial charge in [-0.05, 0) is 76.7 Å². The molecule has 0 radical (unpaired) electrons. The molecule has 2 aromatic rings. The summed E-state index contributed by atoms with van der Waals surface area (Å²) in [6, 6.07) is 14.5. The molecule has 1 atom stereocenters. The topological polar surface area (TPSA) is 0 Å². The maximum absolute atomic E-state index is 2.53. The van der Waals surface area contributed by atoms with E-state index in [1.165, 1.54) is 110 Å². The van der Waals surface area contributed by atoms with Crippen LogP contribution in [0.25, 0.3) is 0 Å². The molecule has 1 heteroatoms. The van der Waals surface area contributed by atoms with E-state index in [0.29, 0.717) is 11.2 Å². The van der Waals surface area contributed by atoms with E-state index >= 15 is 0 Å². The zero-order valence-corrected chi connectivity index (χ0v) is 28.3. The van der Waals surface area contributed by atoms with Crippen molar-refractivity contribution in [1.82, 2.24) is 0 Å². The second kappa shape index (κ2) is 16.3. The third-order valence-electron chi connectivity index (χ3n) is 8.51. The van der Waals surface area contributed by atoms with Gasteiger partial charge in [-0.3, -0.25) is 0 Å². The Bertz CT molecular complexity index is 908. The van der Waals surface area contributed by atoms with Crippen LogP contribution in [0.2, 0.25) is 0 Å². The maximum atomic E-state index is 2.53. The van der Waals surface area contributed by atoms with Gasteiger partial charge in [-0.1, -0.05) is 150 Å². The zero-order valence-electron chi connectivity index (χ0n) is 27.5. The summed E-state index contributed by atoms with van der Waals surface area (Å²) in [7, 11) is 0. The Morgan fingerprint density at radius 3 is 1.44 bits per heavy atom. The normalized spacial score (nSPS) is 13.3. The predicted octanol–water partition coefficient (Wildman–Crippen LogP) is 12.5. The van der Waals surface area contributed by atoms with Crippen LogP contribution in [0, 0.1) is 13.8 Å². The van der Waals surface area contributed by atoms with Crippen molar-refractivity contribution in [3.05, 3.63) is 69.8 Å². The molecule has 0 bridgehead atoms. The van der Waals surface area contributed by atoms with E-state index in [-0.39, 0.29) is 10.8 Å². The van der Waals surface area contributed by atoms with E-state index < -0.39 is 0 Å². The monoisotopic (exact) mass is 550 g/mol. The van der Waals surface area contributed by atoms with Crippen molar-refractivity contribution in [2.24, 2.45) is 0 Å². The van der Waals surface area contributed by atoms with Gasteiger partial charge in [0.1, 0.15) is 0 Å². The number of thioether (sulfide) groups is 1. The highest BCUT2D eigenvalue weighted by Gasteiger charge is 2.25. The van der Waals surface area contributed by atoms with E-state index in [0.717, 1.165) is 0 Å². The molecule has 2 rings (SSSR count). The summed E-state index contributed by atoms with van der Waals surface area (Å²) < 4.78 is 0. The van der Waals surface area contributed by atoms with Crippen LogP contribution in [0.3, 0.4) is 0 Å². The predicted molar refractivity (Wildman–Crippen MR) is 180 cm³/mol. The highest BCUT2D eigenvalue weighted by Crippen LogP contribution is 2.39. The average Bonchev–Trinajstić information content (AvgIpc) is 2.85. The number of aryl methyl sites for hydroxylation is 2. The SMILES string of the molecule is CCCCCCCCCCCCSC(C)CC(c1cc(C(C)(C)C)ccc1C)c1cc(C(C)(C)C)ccc1C. The lowest BCUT2D eigenvalue weighted by atomic mass is 9.77. The van der Waals surface area contributed by atoms with E-state index in [1.807, 2.05) is 0 Å². The zero-order chi connectivity index (χ0) is 29.1. The summed E-state index contributed by atoms with van der Waals surface area (Å²) in [5, 5.41) is 0.643. The lowest BCUT2D eigenvalue weighted by molar-refractivity contribution is 0.563. The highest BCUT2D eigenvalue weighted by molar-refractivity contribution is 7.99. The molecule has 0 spiro atoms. The first-order valence-corrected chi connectivity index (χ1v) is 17.2. The summed E-state index contributed by atoms with van der Waals surface area (Å²) in [5.74, 6) is 1.73. The molecule has 0 nitrogen and oxygen atoms in total.